The van der Waals surface area contributed by atoms with Crippen molar-refractivity contribution >= 4 is 23.0 Å². The van der Waals surface area contributed by atoms with Crippen LogP contribution in [0.4, 0.5) is 5.69 Å². The minimum Gasteiger partial charge on any atom is -0.497 e. The molecule has 5 heteroatoms. The molecule has 0 aromatic heterocycles. The fraction of sp³-hybridized carbons (Fsp3) is 0.250. The van der Waals surface area contributed by atoms with Crippen molar-refractivity contribution in [3.63, 3.8) is 0 Å². The minimum atomic E-state index is 0.645. The third kappa shape index (κ3) is 3.15. The van der Waals surface area contributed by atoms with E-state index >= 15 is 0 Å². The molecule has 0 radical (unpaired) electrons. The standard InChI is InChI=1S/C20H19ClN2O2/c1-23-9-7-13(8-10-23)20-16-12-15(24-2)4-6-18(16)25-19-5-3-14(21)11-17(19)22-20/h3-7,11-12H,8-10H2,1-2H3. The summed E-state index contributed by atoms with van der Waals surface area (Å²) in [5.74, 6) is 2.27. The minimum absolute atomic E-state index is 0.645. The monoisotopic (exact) mass is 354 g/mol. The normalized spacial score (nSPS) is 16.8. The summed E-state index contributed by atoms with van der Waals surface area (Å²) < 4.78 is 11.5. The molecule has 0 saturated heterocycles. The summed E-state index contributed by atoms with van der Waals surface area (Å²) in [4.78, 5) is 7.22. The van der Waals surface area contributed by atoms with Crippen LogP contribution in [0.5, 0.6) is 17.2 Å². The molecule has 0 saturated carbocycles. The van der Waals surface area contributed by atoms with Crippen LogP contribution in [-0.4, -0.2) is 37.9 Å². The number of hydrogen-bond donors (Lipinski definition) is 0. The van der Waals surface area contributed by atoms with Crippen LogP contribution >= 0.6 is 11.6 Å². The molecule has 2 heterocycles. The second-order valence-corrected chi connectivity index (χ2v) is 6.71. The quantitative estimate of drug-likeness (QED) is 0.774. The third-order valence-corrected chi connectivity index (χ3v) is 4.77. The lowest BCUT2D eigenvalue weighted by Gasteiger charge is -2.23. The summed E-state index contributed by atoms with van der Waals surface area (Å²) in [7, 11) is 3.79. The van der Waals surface area contributed by atoms with Crippen LogP contribution in [0.15, 0.2) is 53.0 Å². The maximum atomic E-state index is 6.18. The number of nitrogens with zero attached hydrogens (tertiary/aromatic N) is 2. The van der Waals surface area contributed by atoms with Crippen molar-refractivity contribution in [3.8, 4) is 17.2 Å². The topological polar surface area (TPSA) is 34.1 Å². The number of ether oxygens (including phenoxy) is 2. The first kappa shape index (κ1) is 16.2. The first-order valence-electron chi connectivity index (χ1n) is 8.26. The molecule has 0 atom stereocenters. The first-order valence-corrected chi connectivity index (χ1v) is 8.64. The van der Waals surface area contributed by atoms with Crippen molar-refractivity contribution in [2.75, 3.05) is 27.2 Å². The molecule has 4 nitrogen and oxygen atoms in total. The van der Waals surface area contributed by atoms with Gasteiger partial charge >= 0.3 is 0 Å². The highest BCUT2D eigenvalue weighted by atomic mass is 35.5. The highest BCUT2D eigenvalue weighted by molar-refractivity contribution is 6.31. The molecule has 0 bridgehead atoms. The van der Waals surface area contributed by atoms with Gasteiger partial charge in [-0.25, -0.2) is 4.99 Å². The van der Waals surface area contributed by atoms with Crippen molar-refractivity contribution < 1.29 is 9.47 Å². The smallest absolute Gasteiger partial charge is 0.153 e. The van der Waals surface area contributed by atoms with Gasteiger partial charge < -0.3 is 14.4 Å². The Hall–Kier alpha value is -2.30. The summed E-state index contributed by atoms with van der Waals surface area (Å²) in [5, 5.41) is 0.645. The van der Waals surface area contributed by atoms with Crippen molar-refractivity contribution in [3.05, 3.63) is 58.6 Å². The number of benzene rings is 2. The van der Waals surface area contributed by atoms with E-state index in [1.807, 2.05) is 36.4 Å². The largest absolute Gasteiger partial charge is 0.497 e. The summed E-state index contributed by atoms with van der Waals surface area (Å²) in [6, 6.07) is 11.3. The van der Waals surface area contributed by atoms with Crippen LogP contribution in [-0.2, 0) is 0 Å². The highest BCUT2D eigenvalue weighted by Crippen LogP contribution is 2.41. The van der Waals surface area contributed by atoms with Gasteiger partial charge in [0, 0.05) is 23.7 Å². The molecule has 4 rings (SSSR count). The van der Waals surface area contributed by atoms with E-state index in [1.165, 1.54) is 5.57 Å². The van der Waals surface area contributed by atoms with Crippen molar-refractivity contribution in [1.29, 1.82) is 0 Å². The molecule has 0 aliphatic carbocycles. The van der Waals surface area contributed by atoms with Crippen LogP contribution in [0, 0.1) is 0 Å². The molecule has 0 unspecified atom stereocenters. The van der Waals surface area contributed by atoms with E-state index in [4.69, 9.17) is 26.1 Å². The maximum absolute atomic E-state index is 6.18. The van der Waals surface area contributed by atoms with E-state index in [-0.39, 0.29) is 0 Å². The Kier molecular flexibility index (Phi) is 4.24. The molecule has 25 heavy (non-hydrogen) atoms. The lowest BCUT2D eigenvalue weighted by atomic mass is 9.96. The average molecular weight is 355 g/mol. The molecule has 128 valence electrons. The lowest BCUT2D eigenvalue weighted by molar-refractivity contribution is 0.362. The van der Waals surface area contributed by atoms with Gasteiger partial charge in [-0.1, -0.05) is 17.7 Å². The Bertz CT molecular complexity index is 889. The van der Waals surface area contributed by atoms with Crippen molar-refractivity contribution in [1.82, 2.24) is 4.90 Å². The van der Waals surface area contributed by atoms with Crippen LogP contribution in [0.2, 0.25) is 5.02 Å². The van der Waals surface area contributed by atoms with E-state index in [9.17, 15) is 0 Å². The van der Waals surface area contributed by atoms with Crippen LogP contribution in [0.1, 0.15) is 12.0 Å². The molecule has 0 N–H and O–H groups in total. The van der Waals surface area contributed by atoms with Gasteiger partial charge in [0.15, 0.2) is 5.75 Å². The molecule has 0 fully saturated rings. The predicted octanol–water partition coefficient (Wildman–Crippen LogP) is 4.84. The highest BCUT2D eigenvalue weighted by Gasteiger charge is 2.23. The van der Waals surface area contributed by atoms with E-state index in [0.717, 1.165) is 48.0 Å². The molecule has 2 aromatic carbocycles. The molecule has 0 spiro atoms. The van der Waals surface area contributed by atoms with Crippen molar-refractivity contribution in [2.45, 2.75) is 6.42 Å². The maximum Gasteiger partial charge on any atom is 0.153 e. The number of hydrogen-bond acceptors (Lipinski definition) is 4. The molecular formula is C20H19ClN2O2. The van der Waals surface area contributed by atoms with Gasteiger partial charge in [-0.3, -0.25) is 0 Å². The number of fused-ring (bicyclic) bond motifs is 2. The van der Waals surface area contributed by atoms with Crippen LogP contribution in [0.3, 0.4) is 0 Å². The summed E-state index contributed by atoms with van der Waals surface area (Å²) in [6.45, 7) is 1.92. The van der Waals surface area contributed by atoms with E-state index in [1.54, 1.807) is 7.11 Å². The lowest BCUT2D eigenvalue weighted by Crippen LogP contribution is -2.26. The van der Waals surface area contributed by atoms with Gasteiger partial charge in [-0.05, 0) is 55.4 Å². The van der Waals surface area contributed by atoms with E-state index < -0.39 is 0 Å². The van der Waals surface area contributed by atoms with E-state index in [0.29, 0.717) is 10.8 Å². The van der Waals surface area contributed by atoms with Gasteiger partial charge in [0.2, 0.25) is 0 Å². The molecular weight excluding hydrogens is 336 g/mol. The SMILES string of the molecule is COc1ccc2c(c1)C(C1=CCN(C)CC1)=Nc1cc(Cl)ccc1O2. The van der Waals surface area contributed by atoms with Crippen LogP contribution < -0.4 is 9.47 Å². The molecule has 0 amide bonds. The Morgan fingerprint density at radius 3 is 2.76 bits per heavy atom. The van der Waals surface area contributed by atoms with Gasteiger partial charge in [0.05, 0.1) is 12.8 Å². The number of halogens is 1. The Morgan fingerprint density at radius 2 is 2.00 bits per heavy atom. The van der Waals surface area contributed by atoms with Gasteiger partial charge in [0.1, 0.15) is 17.2 Å². The first-order chi connectivity index (χ1) is 12.1. The van der Waals surface area contributed by atoms with E-state index in [2.05, 4.69) is 18.0 Å². The van der Waals surface area contributed by atoms with Crippen LogP contribution in [0.25, 0.3) is 0 Å². The van der Waals surface area contributed by atoms with Gasteiger partial charge in [-0.15, -0.1) is 0 Å². The third-order valence-electron chi connectivity index (χ3n) is 4.53. The molecule has 2 aliphatic heterocycles. The van der Waals surface area contributed by atoms with Gasteiger partial charge in [-0.2, -0.15) is 0 Å². The zero-order chi connectivity index (χ0) is 17.4. The predicted molar refractivity (Wildman–Crippen MR) is 101 cm³/mol. The average Bonchev–Trinajstić information content (AvgIpc) is 2.78. The molecule has 2 aliphatic rings. The number of likely N-dealkylation sites (N-methyl/N-ethyl adjacent to an activating group) is 1. The van der Waals surface area contributed by atoms with Gasteiger partial charge in [0.25, 0.3) is 0 Å². The number of methoxy groups -OCH3 is 1. The van der Waals surface area contributed by atoms with Crippen molar-refractivity contribution in [2.24, 2.45) is 4.99 Å². The Labute approximate surface area is 152 Å². The Morgan fingerprint density at radius 1 is 1.16 bits per heavy atom. The second kappa shape index (κ2) is 6.54. The summed E-state index contributed by atoms with van der Waals surface area (Å²) in [6.07, 6.45) is 3.18. The second-order valence-electron chi connectivity index (χ2n) is 6.28. The zero-order valence-electron chi connectivity index (χ0n) is 14.3. The summed E-state index contributed by atoms with van der Waals surface area (Å²) >= 11 is 6.18. The summed E-state index contributed by atoms with van der Waals surface area (Å²) in [5.41, 5.74) is 3.85. The zero-order valence-corrected chi connectivity index (χ0v) is 15.0. The Balaban J connectivity index is 1.91. The number of rotatable bonds is 2. The molecule has 2 aromatic rings. The fourth-order valence-electron chi connectivity index (χ4n) is 3.10. The fourth-order valence-corrected chi connectivity index (χ4v) is 3.27. The number of aliphatic imine (C=N–C) groups is 1.